The molecule has 0 aliphatic carbocycles. The lowest BCUT2D eigenvalue weighted by atomic mass is 10.0. The van der Waals surface area contributed by atoms with E-state index in [4.69, 9.17) is 25.5 Å². The minimum Gasteiger partial charge on any atom is -0.482 e. The van der Waals surface area contributed by atoms with Crippen LogP contribution in [0.15, 0.2) is 69.9 Å². The summed E-state index contributed by atoms with van der Waals surface area (Å²) in [6.07, 6.45) is 0. The van der Waals surface area contributed by atoms with E-state index in [9.17, 15) is 24.1 Å². The third-order valence-corrected chi connectivity index (χ3v) is 5.20. The predicted molar refractivity (Wildman–Crippen MR) is 122 cm³/mol. The van der Waals surface area contributed by atoms with Crippen molar-refractivity contribution in [2.75, 3.05) is 6.61 Å². The molecule has 0 unspecified atom stereocenters. The number of aryl methyl sites for hydroxylation is 1. The molecule has 4 rings (SSSR count). The van der Waals surface area contributed by atoms with Crippen LogP contribution in [0.25, 0.3) is 22.1 Å². The fourth-order valence-corrected chi connectivity index (χ4v) is 3.60. The Bertz CT molecular complexity index is 1460. The van der Waals surface area contributed by atoms with Gasteiger partial charge >= 0.3 is 5.97 Å². The zero-order valence-electron chi connectivity index (χ0n) is 17.5. The van der Waals surface area contributed by atoms with E-state index < -0.39 is 28.7 Å². The van der Waals surface area contributed by atoms with Crippen molar-refractivity contribution in [1.29, 1.82) is 0 Å². The van der Waals surface area contributed by atoms with Crippen LogP contribution in [0.2, 0.25) is 5.02 Å². The van der Waals surface area contributed by atoms with Crippen molar-refractivity contribution in [3.8, 4) is 22.6 Å². The second-order valence-electron chi connectivity index (χ2n) is 7.13. The maximum atomic E-state index is 14.4. The zero-order valence-corrected chi connectivity index (χ0v) is 18.3. The van der Waals surface area contributed by atoms with E-state index in [1.165, 1.54) is 67.6 Å². The quantitative estimate of drug-likeness (QED) is 0.155. The molecule has 0 radical (unpaired) electrons. The summed E-state index contributed by atoms with van der Waals surface area (Å²) in [6, 6.07) is 13.5. The van der Waals surface area contributed by atoms with E-state index in [0.717, 1.165) is 0 Å². The molecule has 0 N–H and O–H groups in total. The fraction of sp³-hybridized carbons (Fsp3) is 0.0833. The van der Waals surface area contributed by atoms with Crippen LogP contribution in [0.4, 0.5) is 10.1 Å². The Kier molecular flexibility index (Phi) is 6.29. The number of nitro benzene ring substituents is 1. The standard InChI is InChI=1S/C24H15ClFNO7/c1-13-22(23-18(25)3-2-4-19(23)26)24(29)17-10-9-16(11-20(17)33-13)34-21(28)12-32-15-7-5-14(6-8-15)27(30)31/h2-11H,12H2,1H3. The second kappa shape index (κ2) is 9.32. The average molecular weight is 484 g/mol. The van der Waals surface area contributed by atoms with Gasteiger partial charge in [-0.05, 0) is 43.3 Å². The van der Waals surface area contributed by atoms with Crippen molar-refractivity contribution in [3.05, 3.63) is 97.6 Å². The number of nitro groups is 1. The maximum absolute atomic E-state index is 14.4. The molecule has 4 aromatic rings. The first kappa shape index (κ1) is 22.9. The number of rotatable bonds is 6. The summed E-state index contributed by atoms with van der Waals surface area (Å²) in [5, 5.41) is 10.9. The normalized spacial score (nSPS) is 10.8. The smallest absolute Gasteiger partial charge is 0.349 e. The first-order valence-corrected chi connectivity index (χ1v) is 10.2. The number of carbonyl (C=O) groups is 1. The van der Waals surface area contributed by atoms with E-state index in [0.29, 0.717) is 0 Å². The molecule has 10 heteroatoms. The van der Waals surface area contributed by atoms with E-state index in [-0.39, 0.29) is 50.1 Å². The van der Waals surface area contributed by atoms with Crippen LogP contribution in [0.1, 0.15) is 5.76 Å². The van der Waals surface area contributed by atoms with Crippen molar-refractivity contribution < 1.29 is 28.0 Å². The Morgan fingerprint density at radius 2 is 1.79 bits per heavy atom. The van der Waals surface area contributed by atoms with Gasteiger partial charge in [0, 0.05) is 23.8 Å². The molecule has 3 aromatic carbocycles. The topological polar surface area (TPSA) is 109 Å². The third-order valence-electron chi connectivity index (χ3n) is 4.89. The van der Waals surface area contributed by atoms with Gasteiger partial charge in [0.2, 0.25) is 5.43 Å². The summed E-state index contributed by atoms with van der Waals surface area (Å²) in [6.45, 7) is 1.05. The highest BCUT2D eigenvalue weighted by Gasteiger charge is 2.20. The van der Waals surface area contributed by atoms with Crippen LogP contribution in [0.5, 0.6) is 11.5 Å². The molecule has 0 spiro atoms. The highest BCUT2D eigenvalue weighted by atomic mass is 35.5. The summed E-state index contributed by atoms with van der Waals surface area (Å²) in [4.78, 5) is 35.3. The number of hydrogen-bond donors (Lipinski definition) is 0. The Balaban J connectivity index is 1.54. The Labute approximate surface area is 196 Å². The molecular formula is C24H15ClFNO7. The molecule has 1 heterocycles. The number of benzene rings is 3. The van der Waals surface area contributed by atoms with Crippen molar-refractivity contribution in [2.45, 2.75) is 6.92 Å². The average Bonchev–Trinajstić information content (AvgIpc) is 2.79. The van der Waals surface area contributed by atoms with Gasteiger partial charge < -0.3 is 13.9 Å². The highest BCUT2D eigenvalue weighted by molar-refractivity contribution is 6.33. The summed E-state index contributed by atoms with van der Waals surface area (Å²) in [5.74, 6) is -0.895. The number of carbonyl (C=O) groups excluding carboxylic acids is 1. The Hall–Kier alpha value is -4.24. The highest BCUT2D eigenvalue weighted by Crippen LogP contribution is 2.33. The van der Waals surface area contributed by atoms with Crippen molar-refractivity contribution in [2.24, 2.45) is 0 Å². The number of halogens is 2. The molecule has 0 fully saturated rings. The number of non-ortho nitro benzene ring substituents is 1. The van der Waals surface area contributed by atoms with Gasteiger partial charge in [-0.15, -0.1) is 0 Å². The van der Waals surface area contributed by atoms with Crippen LogP contribution in [0, 0.1) is 22.9 Å². The first-order valence-electron chi connectivity index (χ1n) is 9.84. The zero-order chi connectivity index (χ0) is 24.4. The predicted octanol–water partition coefficient (Wildman–Crippen LogP) is 5.45. The van der Waals surface area contributed by atoms with Crippen LogP contribution >= 0.6 is 11.6 Å². The van der Waals surface area contributed by atoms with Crippen molar-refractivity contribution >= 4 is 34.2 Å². The molecule has 0 aliphatic heterocycles. The van der Waals surface area contributed by atoms with Gasteiger partial charge in [0.05, 0.1) is 20.9 Å². The molecule has 8 nitrogen and oxygen atoms in total. The number of esters is 1. The molecule has 0 amide bonds. The van der Waals surface area contributed by atoms with Gasteiger partial charge in [0.15, 0.2) is 6.61 Å². The summed E-state index contributed by atoms with van der Waals surface area (Å²) >= 11 is 6.12. The number of fused-ring (bicyclic) bond motifs is 1. The van der Waals surface area contributed by atoms with Gasteiger partial charge in [0.1, 0.15) is 28.7 Å². The molecule has 0 saturated carbocycles. The van der Waals surface area contributed by atoms with Gasteiger partial charge in [-0.25, -0.2) is 9.18 Å². The minimum absolute atomic E-state index is 0.0110. The van der Waals surface area contributed by atoms with E-state index in [1.807, 2.05) is 0 Å². The summed E-state index contributed by atoms with van der Waals surface area (Å²) in [7, 11) is 0. The molecule has 172 valence electrons. The van der Waals surface area contributed by atoms with Gasteiger partial charge in [-0.2, -0.15) is 0 Å². The van der Waals surface area contributed by atoms with Crippen LogP contribution in [0.3, 0.4) is 0 Å². The Morgan fingerprint density at radius 3 is 2.47 bits per heavy atom. The lowest BCUT2D eigenvalue weighted by Crippen LogP contribution is -2.17. The van der Waals surface area contributed by atoms with E-state index in [2.05, 4.69) is 0 Å². The van der Waals surface area contributed by atoms with Crippen molar-refractivity contribution in [1.82, 2.24) is 0 Å². The summed E-state index contributed by atoms with van der Waals surface area (Å²) in [5.41, 5.74) is -0.484. The molecule has 0 atom stereocenters. The Morgan fingerprint density at radius 1 is 1.09 bits per heavy atom. The first-order chi connectivity index (χ1) is 16.2. The number of ether oxygens (including phenoxy) is 2. The third kappa shape index (κ3) is 4.60. The SMILES string of the molecule is Cc1oc2cc(OC(=O)COc3ccc([N+](=O)[O-])cc3)ccc2c(=O)c1-c1c(F)cccc1Cl. The molecule has 0 aliphatic rings. The van der Waals surface area contributed by atoms with Gasteiger partial charge in [-0.3, -0.25) is 14.9 Å². The molecule has 34 heavy (non-hydrogen) atoms. The number of hydrogen-bond acceptors (Lipinski definition) is 7. The van der Waals surface area contributed by atoms with Crippen LogP contribution in [-0.4, -0.2) is 17.5 Å². The van der Waals surface area contributed by atoms with Gasteiger partial charge in [0.25, 0.3) is 5.69 Å². The molecule has 0 saturated heterocycles. The summed E-state index contributed by atoms with van der Waals surface area (Å²) < 4.78 is 30.6. The minimum atomic E-state index is -0.744. The second-order valence-corrected chi connectivity index (χ2v) is 7.54. The van der Waals surface area contributed by atoms with Crippen LogP contribution < -0.4 is 14.9 Å². The van der Waals surface area contributed by atoms with Crippen LogP contribution in [-0.2, 0) is 4.79 Å². The molecule has 0 bridgehead atoms. The van der Waals surface area contributed by atoms with Gasteiger partial charge in [-0.1, -0.05) is 17.7 Å². The number of nitrogens with zero attached hydrogens (tertiary/aromatic N) is 1. The van der Waals surface area contributed by atoms with E-state index >= 15 is 0 Å². The molecule has 1 aromatic heterocycles. The monoisotopic (exact) mass is 483 g/mol. The lowest BCUT2D eigenvalue weighted by Gasteiger charge is -2.11. The van der Waals surface area contributed by atoms with E-state index in [1.54, 1.807) is 0 Å². The fourth-order valence-electron chi connectivity index (χ4n) is 3.34. The van der Waals surface area contributed by atoms with Crippen molar-refractivity contribution in [3.63, 3.8) is 0 Å². The maximum Gasteiger partial charge on any atom is 0.349 e. The lowest BCUT2D eigenvalue weighted by molar-refractivity contribution is -0.384. The molecular weight excluding hydrogens is 469 g/mol. The largest absolute Gasteiger partial charge is 0.482 e.